The van der Waals surface area contributed by atoms with Crippen LogP contribution in [-0.2, 0) is 13.0 Å². The number of benzene rings is 1. The number of hydrogen-bond acceptors (Lipinski definition) is 2. The van der Waals surface area contributed by atoms with Crippen LogP contribution in [0.1, 0.15) is 36.5 Å². The highest BCUT2D eigenvalue weighted by molar-refractivity contribution is 5.62. The van der Waals surface area contributed by atoms with E-state index in [-0.39, 0.29) is 0 Å². The van der Waals surface area contributed by atoms with Gasteiger partial charge >= 0.3 is 0 Å². The second-order valence-electron chi connectivity index (χ2n) is 4.90. The summed E-state index contributed by atoms with van der Waals surface area (Å²) < 4.78 is 16.7. The number of nitrogens with zero attached hydrogens (tertiary/aromatic N) is 2. The van der Waals surface area contributed by atoms with Gasteiger partial charge in [0.15, 0.2) is 6.17 Å². The molecule has 100 valence electrons. The van der Waals surface area contributed by atoms with Crippen molar-refractivity contribution in [3.05, 3.63) is 47.5 Å². The third-order valence-electron chi connectivity index (χ3n) is 3.59. The van der Waals surface area contributed by atoms with E-state index in [9.17, 15) is 4.39 Å². The Morgan fingerprint density at radius 3 is 3.21 bits per heavy atom. The van der Waals surface area contributed by atoms with Gasteiger partial charge in [0.1, 0.15) is 5.82 Å². The van der Waals surface area contributed by atoms with Crippen molar-refractivity contribution < 1.29 is 4.39 Å². The maximum Gasteiger partial charge on any atom is 0.185 e. The molecule has 1 aliphatic heterocycles. The summed E-state index contributed by atoms with van der Waals surface area (Å²) in [6.45, 7) is 3.78. The molecule has 3 nitrogen and oxygen atoms in total. The van der Waals surface area contributed by atoms with Gasteiger partial charge in [-0.2, -0.15) is 0 Å². The molecule has 1 atom stereocenters. The Morgan fingerprint density at radius 2 is 2.37 bits per heavy atom. The van der Waals surface area contributed by atoms with Crippen molar-refractivity contribution >= 4 is 5.69 Å². The lowest BCUT2D eigenvalue weighted by Crippen LogP contribution is -2.08. The molecular weight excluding hydrogens is 241 g/mol. The second kappa shape index (κ2) is 5.03. The van der Waals surface area contributed by atoms with Gasteiger partial charge in [-0.05, 0) is 18.4 Å². The minimum atomic E-state index is -1.16. The zero-order valence-corrected chi connectivity index (χ0v) is 11.1. The third-order valence-corrected chi connectivity index (χ3v) is 3.59. The number of para-hydroxylation sites is 1. The molecule has 0 bridgehead atoms. The standard InChI is InChI=1S/C15H18FN3/c1-2-9-19-10-8-18-15(19)13(16)12-5-3-4-11-6-7-17-14(11)12/h3-5,8,10,13,17H,2,6-7,9H2,1H3. The van der Waals surface area contributed by atoms with Crippen molar-refractivity contribution in [3.8, 4) is 0 Å². The summed E-state index contributed by atoms with van der Waals surface area (Å²) in [6.07, 6.45) is 4.30. The normalized spacial score (nSPS) is 15.1. The molecular formula is C15H18FN3. The Labute approximate surface area is 112 Å². The van der Waals surface area contributed by atoms with Crippen LogP contribution in [0.2, 0.25) is 0 Å². The van der Waals surface area contributed by atoms with Gasteiger partial charge < -0.3 is 9.88 Å². The molecule has 0 aliphatic carbocycles. The summed E-state index contributed by atoms with van der Waals surface area (Å²) in [6, 6.07) is 5.84. The van der Waals surface area contributed by atoms with Crippen molar-refractivity contribution in [1.29, 1.82) is 0 Å². The van der Waals surface area contributed by atoms with E-state index < -0.39 is 6.17 Å². The molecule has 1 aromatic heterocycles. The Morgan fingerprint density at radius 1 is 1.47 bits per heavy atom. The first-order valence-corrected chi connectivity index (χ1v) is 6.82. The van der Waals surface area contributed by atoms with Crippen LogP contribution < -0.4 is 5.32 Å². The van der Waals surface area contributed by atoms with E-state index in [1.54, 1.807) is 6.20 Å². The zero-order valence-electron chi connectivity index (χ0n) is 11.1. The number of alkyl halides is 1. The van der Waals surface area contributed by atoms with Gasteiger partial charge in [-0.15, -0.1) is 0 Å². The fourth-order valence-electron chi connectivity index (χ4n) is 2.70. The lowest BCUT2D eigenvalue weighted by molar-refractivity contribution is 0.370. The minimum absolute atomic E-state index is 0.504. The molecule has 19 heavy (non-hydrogen) atoms. The van der Waals surface area contributed by atoms with Gasteiger partial charge in [-0.1, -0.05) is 25.1 Å². The number of anilines is 1. The van der Waals surface area contributed by atoms with Crippen LogP contribution in [-0.4, -0.2) is 16.1 Å². The molecule has 0 spiro atoms. The molecule has 2 aromatic rings. The first-order chi connectivity index (χ1) is 9.31. The van der Waals surface area contributed by atoms with Gasteiger partial charge in [0.05, 0.1) is 0 Å². The molecule has 0 fully saturated rings. The van der Waals surface area contributed by atoms with E-state index in [1.807, 2.05) is 22.9 Å². The molecule has 4 heteroatoms. The van der Waals surface area contributed by atoms with Crippen LogP contribution >= 0.6 is 0 Å². The lowest BCUT2D eigenvalue weighted by Gasteiger charge is -2.14. The second-order valence-corrected chi connectivity index (χ2v) is 4.90. The number of fused-ring (bicyclic) bond motifs is 1. The summed E-state index contributed by atoms with van der Waals surface area (Å²) in [7, 11) is 0. The van der Waals surface area contributed by atoms with Crippen molar-refractivity contribution in [2.45, 2.75) is 32.5 Å². The zero-order chi connectivity index (χ0) is 13.2. The largest absolute Gasteiger partial charge is 0.384 e. The maximum absolute atomic E-state index is 14.8. The van der Waals surface area contributed by atoms with Crippen LogP contribution in [0, 0.1) is 0 Å². The van der Waals surface area contributed by atoms with E-state index in [1.165, 1.54) is 5.56 Å². The predicted molar refractivity (Wildman–Crippen MR) is 74.1 cm³/mol. The fraction of sp³-hybridized carbons (Fsp3) is 0.400. The third kappa shape index (κ3) is 2.11. The monoisotopic (exact) mass is 259 g/mol. The number of rotatable bonds is 4. The maximum atomic E-state index is 14.8. The minimum Gasteiger partial charge on any atom is -0.384 e. The first-order valence-electron chi connectivity index (χ1n) is 6.82. The van der Waals surface area contributed by atoms with E-state index in [2.05, 4.69) is 23.3 Å². The fourth-order valence-corrected chi connectivity index (χ4v) is 2.70. The SMILES string of the molecule is CCCn1ccnc1C(F)c1cccc2c1NCC2. The van der Waals surface area contributed by atoms with E-state index in [4.69, 9.17) is 0 Å². The number of aromatic nitrogens is 2. The highest BCUT2D eigenvalue weighted by atomic mass is 19.1. The van der Waals surface area contributed by atoms with Gasteiger partial charge in [0.25, 0.3) is 0 Å². The van der Waals surface area contributed by atoms with Crippen LogP contribution in [0.3, 0.4) is 0 Å². The Balaban J connectivity index is 1.98. The number of nitrogens with one attached hydrogen (secondary N) is 1. The topological polar surface area (TPSA) is 29.9 Å². The average molecular weight is 259 g/mol. The van der Waals surface area contributed by atoms with Crippen molar-refractivity contribution in [2.75, 3.05) is 11.9 Å². The van der Waals surface area contributed by atoms with E-state index >= 15 is 0 Å². The Kier molecular flexibility index (Phi) is 3.23. The average Bonchev–Trinajstić information content (AvgIpc) is 3.06. The predicted octanol–water partition coefficient (Wildman–Crippen LogP) is 3.32. The summed E-state index contributed by atoms with van der Waals surface area (Å²) in [4.78, 5) is 4.20. The van der Waals surface area contributed by atoms with Gasteiger partial charge in [0.2, 0.25) is 0 Å². The number of halogens is 1. The highest BCUT2D eigenvalue weighted by Gasteiger charge is 2.24. The van der Waals surface area contributed by atoms with Gasteiger partial charge in [-0.25, -0.2) is 9.37 Å². The molecule has 1 N–H and O–H groups in total. The van der Waals surface area contributed by atoms with E-state index in [0.29, 0.717) is 11.4 Å². The van der Waals surface area contributed by atoms with Crippen molar-refractivity contribution in [2.24, 2.45) is 0 Å². The van der Waals surface area contributed by atoms with Crippen LogP contribution in [0.15, 0.2) is 30.6 Å². The number of hydrogen-bond donors (Lipinski definition) is 1. The number of aryl methyl sites for hydroxylation is 1. The number of imidazole rings is 1. The lowest BCUT2D eigenvalue weighted by atomic mass is 10.0. The Bertz CT molecular complexity index is 577. The molecule has 1 unspecified atom stereocenters. The van der Waals surface area contributed by atoms with Gasteiger partial charge in [-0.3, -0.25) is 0 Å². The van der Waals surface area contributed by atoms with Crippen molar-refractivity contribution in [3.63, 3.8) is 0 Å². The first kappa shape index (κ1) is 12.2. The van der Waals surface area contributed by atoms with Gasteiger partial charge in [0, 0.05) is 36.7 Å². The Hall–Kier alpha value is -1.84. The quantitative estimate of drug-likeness (QED) is 0.912. The molecule has 1 aliphatic rings. The molecule has 2 heterocycles. The smallest absolute Gasteiger partial charge is 0.185 e. The molecule has 3 rings (SSSR count). The highest BCUT2D eigenvalue weighted by Crippen LogP contribution is 2.35. The van der Waals surface area contributed by atoms with Crippen LogP contribution in [0.4, 0.5) is 10.1 Å². The molecule has 0 radical (unpaired) electrons. The summed E-state index contributed by atoms with van der Waals surface area (Å²) >= 11 is 0. The molecule has 0 amide bonds. The van der Waals surface area contributed by atoms with Crippen molar-refractivity contribution in [1.82, 2.24) is 9.55 Å². The summed E-state index contributed by atoms with van der Waals surface area (Å²) in [5.41, 5.74) is 2.87. The summed E-state index contributed by atoms with van der Waals surface area (Å²) in [5.74, 6) is 0.504. The summed E-state index contributed by atoms with van der Waals surface area (Å²) in [5, 5.41) is 3.29. The van der Waals surface area contributed by atoms with Crippen LogP contribution in [0.25, 0.3) is 0 Å². The van der Waals surface area contributed by atoms with Crippen LogP contribution in [0.5, 0.6) is 0 Å². The van der Waals surface area contributed by atoms with E-state index in [0.717, 1.165) is 31.6 Å². The molecule has 0 saturated carbocycles. The molecule has 0 saturated heterocycles. The molecule has 1 aromatic carbocycles.